The van der Waals surface area contributed by atoms with Crippen LogP contribution in [0.2, 0.25) is 0 Å². The molecule has 0 bridgehead atoms. The quantitative estimate of drug-likeness (QED) is 0.627. The molecular weight excluding hydrogens is 378 g/mol. The number of nitrogens with one attached hydrogen (secondary N) is 1. The van der Waals surface area contributed by atoms with E-state index in [-0.39, 0.29) is 29.1 Å². The number of rotatable bonds is 4. The number of ketones is 1. The first-order valence-electron chi connectivity index (χ1n) is 10.9. The molecule has 1 N–H and O–H groups in total. The molecule has 1 saturated carbocycles. The third-order valence-electron chi connectivity index (χ3n) is 7.18. The van der Waals surface area contributed by atoms with Crippen LogP contribution in [0.4, 0.5) is 0 Å². The zero-order chi connectivity index (χ0) is 20.9. The molecule has 156 valence electrons. The van der Waals surface area contributed by atoms with Crippen LogP contribution in [0.1, 0.15) is 59.4 Å². The van der Waals surface area contributed by atoms with Crippen molar-refractivity contribution in [3.05, 3.63) is 48.2 Å². The molecule has 1 aromatic carbocycles. The predicted molar refractivity (Wildman–Crippen MR) is 115 cm³/mol. The van der Waals surface area contributed by atoms with Crippen LogP contribution < -0.4 is 5.32 Å². The van der Waals surface area contributed by atoms with Gasteiger partial charge in [0.25, 0.3) is 5.91 Å². The molecule has 2 aromatic rings. The lowest BCUT2D eigenvalue weighted by Gasteiger charge is -2.47. The molecule has 3 heterocycles. The summed E-state index contributed by atoms with van der Waals surface area (Å²) in [6.07, 6.45) is 6.93. The first-order valence-corrected chi connectivity index (χ1v) is 10.9. The van der Waals surface area contributed by atoms with Crippen molar-refractivity contribution in [1.29, 1.82) is 0 Å². The summed E-state index contributed by atoms with van der Waals surface area (Å²) in [4.78, 5) is 39.2. The van der Waals surface area contributed by atoms with Crippen LogP contribution in [0.15, 0.2) is 36.9 Å². The zero-order valence-electron chi connectivity index (χ0n) is 17.2. The van der Waals surface area contributed by atoms with Crippen molar-refractivity contribution >= 4 is 28.5 Å². The number of hydrogen-bond donors (Lipinski definition) is 1. The van der Waals surface area contributed by atoms with Crippen molar-refractivity contribution in [2.24, 2.45) is 5.92 Å². The Morgan fingerprint density at radius 3 is 2.80 bits per heavy atom. The molecule has 1 aliphatic carbocycles. The van der Waals surface area contributed by atoms with Gasteiger partial charge >= 0.3 is 0 Å². The number of hydrogen-bond acceptors (Lipinski definition) is 3. The number of carbonyl (C=O) groups is 3. The van der Waals surface area contributed by atoms with Gasteiger partial charge in [-0.25, -0.2) is 0 Å². The first-order chi connectivity index (χ1) is 14.5. The second-order valence-electron chi connectivity index (χ2n) is 9.02. The number of fused-ring (bicyclic) bond motifs is 4. The van der Waals surface area contributed by atoms with E-state index in [1.807, 2.05) is 24.3 Å². The van der Waals surface area contributed by atoms with Gasteiger partial charge in [-0.1, -0.05) is 18.7 Å². The lowest BCUT2D eigenvalue weighted by molar-refractivity contribution is -0.127. The molecule has 0 unspecified atom stereocenters. The fourth-order valence-electron chi connectivity index (χ4n) is 5.39. The first kappa shape index (κ1) is 19.1. The third-order valence-corrected chi connectivity index (χ3v) is 7.18. The number of aromatic nitrogens is 1. The molecule has 1 spiro atoms. The maximum Gasteiger partial charge on any atom is 0.268 e. The Morgan fingerprint density at radius 1 is 1.23 bits per heavy atom. The van der Waals surface area contributed by atoms with Crippen molar-refractivity contribution in [2.45, 2.75) is 44.1 Å². The Kier molecular flexibility index (Phi) is 4.53. The molecule has 1 atom stereocenters. The second kappa shape index (κ2) is 7.11. The summed E-state index contributed by atoms with van der Waals surface area (Å²) < 4.78 is 2.19. The predicted octanol–water partition coefficient (Wildman–Crippen LogP) is 3.26. The number of carbonyl (C=O) groups excluding carboxylic acids is 3. The average Bonchev–Trinajstić information content (AvgIpc) is 3.12. The number of nitrogens with zero attached hydrogens (tertiary/aromatic N) is 2. The van der Waals surface area contributed by atoms with Crippen LogP contribution in [0.3, 0.4) is 0 Å². The molecule has 0 radical (unpaired) electrons. The van der Waals surface area contributed by atoms with Crippen LogP contribution >= 0.6 is 0 Å². The highest BCUT2D eigenvalue weighted by atomic mass is 16.2. The van der Waals surface area contributed by atoms with Crippen molar-refractivity contribution in [2.75, 3.05) is 19.6 Å². The van der Waals surface area contributed by atoms with Gasteiger partial charge in [-0.05, 0) is 56.2 Å². The van der Waals surface area contributed by atoms with E-state index in [0.29, 0.717) is 30.8 Å². The molecule has 2 aliphatic heterocycles. The Bertz CT molecular complexity index is 1060. The van der Waals surface area contributed by atoms with Crippen LogP contribution in [0.25, 0.3) is 10.9 Å². The molecule has 2 fully saturated rings. The molecule has 2 amide bonds. The van der Waals surface area contributed by atoms with Gasteiger partial charge in [-0.3, -0.25) is 14.4 Å². The normalized spacial score (nSPS) is 22.3. The Morgan fingerprint density at radius 2 is 2.07 bits per heavy atom. The van der Waals surface area contributed by atoms with Crippen LogP contribution in [-0.2, 0) is 10.3 Å². The van der Waals surface area contributed by atoms with E-state index in [1.165, 1.54) is 6.08 Å². The van der Waals surface area contributed by atoms with Gasteiger partial charge in [-0.15, -0.1) is 0 Å². The number of amides is 2. The summed E-state index contributed by atoms with van der Waals surface area (Å²) in [6.45, 7) is 5.58. The number of Topliss-reactive ketones (excluding diaryl/α,β-unsaturated/α-hetero) is 1. The Labute approximate surface area is 175 Å². The maximum absolute atomic E-state index is 13.1. The third kappa shape index (κ3) is 2.97. The highest BCUT2D eigenvalue weighted by Gasteiger charge is 2.44. The summed E-state index contributed by atoms with van der Waals surface area (Å²) >= 11 is 0. The van der Waals surface area contributed by atoms with Gasteiger partial charge in [0.2, 0.25) is 5.91 Å². The van der Waals surface area contributed by atoms with E-state index < -0.39 is 0 Å². The average molecular weight is 405 g/mol. The summed E-state index contributed by atoms with van der Waals surface area (Å²) in [5, 5.41) is 4.04. The standard InChI is InChI=1S/C24H27N3O3/c1-2-22(29)26-10-3-5-16(14-26)11-21(28)18-7-6-17-12-20-23(30)25-15-24(8-4-9-24)27(20)19(17)13-18/h2,6-7,12-13,16H,1,3-5,8-11,14-15H2,(H,25,30)/t16-/m1/s1. The van der Waals surface area contributed by atoms with Crippen LogP contribution in [0, 0.1) is 5.92 Å². The molecule has 6 nitrogen and oxygen atoms in total. The second-order valence-corrected chi connectivity index (χ2v) is 9.02. The van der Waals surface area contributed by atoms with Crippen LogP contribution in [0.5, 0.6) is 0 Å². The number of benzene rings is 1. The van der Waals surface area contributed by atoms with E-state index >= 15 is 0 Å². The monoisotopic (exact) mass is 405 g/mol. The maximum atomic E-state index is 13.1. The van der Waals surface area contributed by atoms with E-state index in [2.05, 4.69) is 16.5 Å². The molecule has 1 saturated heterocycles. The molecular formula is C24H27N3O3. The lowest BCUT2D eigenvalue weighted by atomic mass is 9.75. The molecule has 30 heavy (non-hydrogen) atoms. The van der Waals surface area contributed by atoms with E-state index in [4.69, 9.17) is 0 Å². The summed E-state index contributed by atoms with van der Waals surface area (Å²) in [5.41, 5.74) is 2.33. The van der Waals surface area contributed by atoms with Gasteiger partial charge in [0.1, 0.15) is 5.69 Å². The lowest BCUT2D eigenvalue weighted by Crippen LogP contribution is -2.55. The Hall–Kier alpha value is -2.89. The summed E-state index contributed by atoms with van der Waals surface area (Å²) in [5.74, 6) is 0.187. The zero-order valence-corrected chi connectivity index (χ0v) is 17.2. The minimum atomic E-state index is -0.0579. The topological polar surface area (TPSA) is 71.4 Å². The molecule has 1 aromatic heterocycles. The molecule has 6 heteroatoms. The van der Waals surface area contributed by atoms with Gasteiger partial charge in [0.15, 0.2) is 5.78 Å². The molecule has 3 aliphatic rings. The number of likely N-dealkylation sites (tertiary alicyclic amines) is 1. The van der Waals surface area contributed by atoms with E-state index in [1.54, 1.807) is 4.90 Å². The minimum absolute atomic E-state index is 0.0363. The largest absolute Gasteiger partial charge is 0.348 e. The van der Waals surface area contributed by atoms with E-state index in [0.717, 1.165) is 49.6 Å². The fraction of sp³-hybridized carbons (Fsp3) is 0.458. The van der Waals surface area contributed by atoms with Crippen molar-refractivity contribution in [1.82, 2.24) is 14.8 Å². The fourth-order valence-corrected chi connectivity index (χ4v) is 5.39. The van der Waals surface area contributed by atoms with Gasteiger partial charge < -0.3 is 14.8 Å². The van der Waals surface area contributed by atoms with Crippen molar-refractivity contribution < 1.29 is 14.4 Å². The summed E-state index contributed by atoms with van der Waals surface area (Å²) in [7, 11) is 0. The van der Waals surface area contributed by atoms with Gasteiger partial charge in [0.05, 0.1) is 5.54 Å². The highest BCUT2D eigenvalue weighted by molar-refractivity contribution is 6.03. The highest BCUT2D eigenvalue weighted by Crippen LogP contribution is 2.44. The molecule has 5 rings (SSSR count). The van der Waals surface area contributed by atoms with Crippen molar-refractivity contribution in [3.63, 3.8) is 0 Å². The Balaban J connectivity index is 1.42. The minimum Gasteiger partial charge on any atom is -0.348 e. The summed E-state index contributed by atoms with van der Waals surface area (Å²) in [6, 6.07) is 7.74. The van der Waals surface area contributed by atoms with Crippen molar-refractivity contribution in [3.8, 4) is 0 Å². The van der Waals surface area contributed by atoms with Crippen LogP contribution in [-0.4, -0.2) is 46.7 Å². The van der Waals surface area contributed by atoms with Gasteiger partial charge in [-0.2, -0.15) is 0 Å². The SMILES string of the molecule is C=CC(=O)N1CCC[C@H](CC(=O)c2ccc3cc4n(c3c2)C2(CCC2)CNC4=O)C1. The smallest absolute Gasteiger partial charge is 0.268 e. The van der Waals surface area contributed by atoms with E-state index in [9.17, 15) is 14.4 Å². The van der Waals surface area contributed by atoms with Gasteiger partial charge in [0, 0.05) is 42.5 Å². The number of piperidine rings is 1.